The number of pyridine rings is 1. The summed E-state index contributed by atoms with van der Waals surface area (Å²) >= 11 is 0. The summed E-state index contributed by atoms with van der Waals surface area (Å²) in [4.78, 5) is 3.98. The van der Waals surface area contributed by atoms with Gasteiger partial charge < -0.3 is 0 Å². The molecule has 1 heterocycles. The van der Waals surface area contributed by atoms with Crippen LogP contribution >= 0.6 is 0 Å². The van der Waals surface area contributed by atoms with Gasteiger partial charge in [0.2, 0.25) is 0 Å². The van der Waals surface area contributed by atoms with E-state index in [4.69, 9.17) is 0 Å². The predicted octanol–water partition coefficient (Wildman–Crippen LogP) is 4.54. The molecule has 0 radical (unpaired) electrons. The minimum atomic E-state index is 1.07. The normalized spacial score (nSPS) is 9.67. The molecular formula is C17H17N. The van der Waals surface area contributed by atoms with Crippen LogP contribution < -0.4 is 0 Å². The molecule has 1 aromatic heterocycles. The van der Waals surface area contributed by atoms with Crippen LogP contribution in [0.1, 0.15) is 11.3 Å². The van der Waals surface area contributed by atoms with Crippen LogP contribution in [0.5, 0.6) is 0 Å². The Morgan fingerprint density at radius 1 is 0.722 bits per heavy atom. The predicted molar refractivity (Wildman–Crippen MR) is 77.7 cm³/mol. The number of hydrogen-bond acceptors (Lipinski definition) is 1. The molecule has 0 saturated heterocycles. The van der Waals surface area contributed by atoms with E-state index in [2.05, 4.69) is 54.4 Å². The fourth-order valence-corrected chi connectivity index (χ4v) is 1.84. The lowest BCUT2D eigenvalue weighted by Crippen LogP contribution is -1.75. The summed E-state index contributed by atoms with van der Waals surface area (Å²) in [5.41, 5.74) is 2.42. The number of nitrogens with zero attached hydrogens (tertiary/aromatic N) is 1. The topological polar surface area (TPSA) is 12.9 Å². The standard InChI is InChI=1S/C11H10.C6H7N/c1-9-5-4-7-10-6-2-3-8-11(9)10;1-6-4-2-3-5-7-6/h2-8H,1H3;2-5H,1H3. The van der Waals surface area contributed by atoms with Crippen molar-refractivity contribution in [3.63, 3.8) is 0 Å². The Kier molecular flexibility index (Phi) is 4.08. The Labute approximate surface area is 108 Å². The van der Waals surface area contributed by atoms with Gasteiger partial charge in [-0.15, -0.1) is 0 Å². The Bertz CT molecular complexity index is 609. The van der Waals surface area contributed by atoms with E-state index in [1.165, 1.54) is 16.3 Å². The summed E-state index contributed by atoms with van der Waals surface area (Å²) in [6, 6.07) is 20.7. The largest absolute Gasteiger partial charge is 0.262 e. The molecule has 0 bridgehead atoms. The van der Waals surface area contributed by atoms with Gasteiger partial charge in [-0.25, -0.2) is 0 Å². The van der Waals surface area contributed by atoms with E-state index in [1.807, 2.05) is 25.1 Å². The molecule has 0 aliphatic heterocycles. The maximum Gasteiger partial charge on any atom is 0.0372 e. The highest BCUT2D eigenvalue weighted by atomic mass is 14.6. The minimum absolute atomic E-state index is 1.07. The fraction of sp³-hybridized carbons (Fsp3) is 0.118. The van der Waals surface area contributed by atoms with Crippen molar-refractivity contribution in [3.05, 3.63) is 78.1 Å². The van der Waals surface area contributed by atoms with Crippen LogP contribution in [-0.2, 0) is 0 Å². The average molecular weight is 235 g/mol. The van der Waals surface area contributed by atoms with Crippen molar-refractivity contribution in [2.75, 3.05) is 0 Å². The first-order chi connectivity index (χ1) is 8.77. The van der Waals surface area contributed by atoms with Crippen molar-refractivity contribution in [1.82, 2.24) is 4.98 Å². The second kappa shape index (κ2) is 5.97. The molecule has 0 saturated carbocycles. The highest BCUT2D eigenvalue weighted by Crippen LogP contribution is 2.16. The van der Waals surface area contributed by atoms with Crippen molar-refractivity contribution < 1.29 is 0 Å². The molecule has 1 nitrogen and oxygen atoms in total. The maximum atomic E-state index is 3.98. The maximum absolute atomic E-state index is 3.98. The number of fused-ring (bicyclic) bond motifs is 1. The Balaban J connectivity index is 0.000000149. The molecule has 0 unspecified atom stereocenters. The fourth-order valence-electron chi connectivity index (χ4n) is 1.84. The zero-order valence-corrected chi connectivity index (χ0v) is 10.8. The van der Waals surface area contributed by atoms with Crippen LogP contribution in [0.3, 0.4) is 0 Å². The molecule has 2 aromatic carbocycles. The number of rotatable bonds is 0. The van der Waals surface area contributed by atoms with Crippen molar-refractivity contribution in [3.8, 4) is 0 Å². The Morgan fingerprint density at radius 2 is 1.44 bits per heavy atom. The average Bonchev–Trinajstić information content (AvgIpc) is 2.41. The summed E-state index contributed by atoms with van der Waals surface area (Å²) in [5, 5.41) is 2.68. The lowest BCUT2D eigenvalue weighted by atomic mass is 10.1. The van der Waals surface area contributed by atoms with Gasteiger partial charge in [-0.05, 0) is 42.3 Å². The number of aromatic nitrogens is 1. The second-order valence-corrected chi connectivity index (χ2v) is 4.27. The molecule has 3 aromatic rings. The van der Waals surface area contributed by atoms with Crippen LogP contribution in [-0.4, -0.2) is 4.98 Å². The molecule has 0 fully saturated rings. The first-order valence-corrected chi connectivity index (χ1v) is 6.09. The van der Waals surface area contributed by atoms with Crippen molar-refractivity contribution in [2.45, 2.75) is 13.8 Å². The molecule has 0 atom stereocenters. The zero-order chi connectivity index (χ0) is 12.8. The van der Waals surface area contributed by atoms with E-state index in [1.54, 1.807) is 6.20 Å². The number of hydrogen-bond donors (Lipinski definition) is 0. The van der Waals surface area contributed by atoms with E-state index < -0.39 is 0 Å². The number of benzene rings is 2. The van der Waals surface area contributed by atoms with Gasteiger partial charge in [0.25, 0.3) is 0 Å². The molecular weight excluding hydrogens is 218 g/mol. The van der Waals surface area contributed by atoms with E-state index in [0.29, 0.717) is 0 Å². The third-order valence-corrected chi connectivity index (χ3v) is 2.82. The zero-order valence-electron chi connectivity index (χ0n) is 10.8. The third-order valence-electron chi connectivity index (χ3n) is 2.82. The molecule has 0 N–H and O–H groups in total. The van der Waals surface area contributed by atoms with E-state index in [-0.39, 0.29) is 0 Å². The van der Waals surface area contributed by atoms with Crippen LogP contribution in [0.2, 0.25) is 0 Å². The minimum Gasteiger partial charge on any atom is -0.262 e. The quantitative estimate of drug-likeness (QED) is 0.557. The van der Waals surface area contributed by atoms with Gasteiger partial charge in [-0.3, -0.25) is 4.98 Å². The molecule has 0 aliphatic carbocycles. The van der Waals surface area contributed by atoms with Gasteiger partial charge in [0.1, 0.15) is 0 Å². The molecule has 0 aliphatic rings. The highest BCUT2D eigenvalue weighted by Gasteiger charge is 1.92. The van der Waals surface area contributed by atoms with Gasteiger partial charge in [0.15, 0.2) is 0 Å². The van der Waals surface area contributed by atoms with Crippen molar-refractivity contribution in [2.24, 2.45) is 0 Å². The van der Waals surface area contributed by atoms with Crippen LogP contribution in [0.25, 0.3) is 10.8 Å². The SMILES string of the molecule is Cc1cccc2ccccc12.Cc1ccccn1. The Morgan fingerprint density at radius 3 is 2.06 bits per heavy atom. The lowest BCUT2D eigenvalue weighted by Gasteiger charge is -1.98. The molecule has 90 valence electrons. The summed E-state index contributed by atoms with van der Waals surface area (Å²) in [5.74, 6) is 0. The monoisotopic (exact) mass is 235 g/mol. The molecule has 18 heavy (non-hydrogen) atoms. The van der Waals surface area contributed by atoms with Crippen LogP contribution in [0, 0.1) is 13.8 Å². The van der Waals surface area contributed by atoms with Gasteiger partial charge >= 0.3 is 0 Å². The first-order valence-electron chi connectivity index (χ1n) is 6.09. The van der Waals surface area contributed by atoms with E-state index in [9.17, 15) is 0 Å². The summed E-state index contributed by atoms with van der Waals surface area (Å²) in [6.45, 7) is 4.11. The van der Waals surface area contributed by atoms with Crippen molar-refractivity contribution >= 4 is 10.8 Å². The summed E-state index contributed by atoms with van der Waals surface area (Å²) in [6.07, 6.45) is 1.79. The van der Waals surface area contributed by atoms with Gasteiger partial charge in [0.05, 0.1) is 0 Å². The van der Waals surface area contributed by atoms with E-state index in [0.717, 1.165) is 5.69 Å². The first kappa shape index (κ1) is 12.3. The summed E-state index contributed by atoms with van der Waals surface area (Å²) < 4.78 is 0. The smallest absolute Gasteiger partial charge is 0.0372 e. The molecule has 0 amide bonds. The van der Waals surface area contributed by atoms with Gasteiger partial charge in [-0.2, -0.15) is 0 Å². The molecule has 1 heteroatoms. The Hall–Kier alpha value is -2.15. The van der Waals surface area contributed by atoms with Gasteiger partial charge in [0, 0.05) is 11.9 Å². The second-order valence-electron chi connectivity index (χ2n) is 4.27. The summed E-state index contributed by atoms with van der Waals surface area (Å²) in [7, 11) is 0. The van der Waals surface area contributed by atoms with Crippen LogP contribution in [0.15, 0.2) is 66.9 Å². The van der Waals surface area contributed by atoms with Crippen LogP contribution in [0.4, 0.5) is 0 Å². The third kappa shape index (κ3) is 3.17. The molecule has 0 spiro atoms. The van der Waals surface area contributed by atoms with Gasteiger partial charge in [-0.1, -0.05) is 48.5 Å². The number of aryl methyl sites for hydroxylation is 2. The van der Waals surface area contributed by atoms with E-state index >= 15 is 0 Å². The molecule has 3 rings (SSSR count). The van der Waals surface area contributed by atoms with Crippen molar-refractivity contribution in [1.29, 1.82) is 0 Å². The highest BCUT2D eigenvalue weighted by molar-refractivity contribution is 5.85. The lowest BCUT2D eigenvalue weighted by molar-refractivity contribution is 1.20.